The molecule has 1 amide bonds. The Labute approximate surface area is 229 Å². The Morgan fingerprint density at radius 3 is 2.55 bits per heavy atom. The van der Waals surface area contributed by atoms with E-state index in [1.54, 1.807) is 24.3 Å². The molecule has 0 saturated carbocycles. The second-order valence-electron chi connectivity index (χ2n) is 8.95. The molecule has 1 aliphatic rings. The summed E-state index contributed by atoms with van der Waals surface area (Å²) in [5.74, 6) is -0.262. The lowest BCUT2D eigenvalue weighted by atomic mass is 10.1. The monoisotopic (exact) mass is 582 g/mol. The van der Waals surface area contributed by atoms with Crippen LogP contribution < -0.4 is 20.3 Å². The van der Waals surface area contributed by atoms with Crippen LogP contribution in [0.4, 0.5) is 0 Å². The molecule has 1 aromatic heterocycles. The number of fused-ring (bicyclic) bond motifs is 1. The van der Waals surface area contributed by atoms with Gasteiger partial charge in [-0.1, -0.05) is 41.4 Å². The predicted molar refractivity (Wildman–Crippen MR) is 146 cm³/mol. The van der Waals surface area contributed by atoms with Crippen LogP contribution in [0.5, 0.6) is 5.75 Å². The molecule has 38 heavy (non-hydrogen) atoms. The van der Waals surface area contributed by atoms with Gasteiger partial charge in [0.25, 0.3) is 11.5 Å². The Hall–Kier alpha value is -2.67. The molecule has 0 spiro atoms. The first-order valence-corrected chi connectivity index (χ1v) is 14.2. The van der Waals surface area contributed by atoms with Crippen molar-refractivity contribution in [2.45, 2.75) is 29.9 Å². The highest BCUT2D eigenvalue weighted by molar-refractivity contribution is 7.89. The van der Waals surface area contributed by atoms with E-state index in [4.69, 9.17) is 27.9 Å². The van der Waals surface area contributed by atoms with Gasteiger partial charge >= 0.3 is 0 Å². The molecular formula is C25H28Cl2N4O6S. The van der Waals surface area contributed by atoms with Crippen LogP contribution in [-0.4, -0.2) is 74.8 Å². The molecule has 13 heteroatoms. The van der Waals surface area contributed by atoms with E-state index in [1.807, 2.05) is 4.90 Å². The minimum atomic E-state index is -3.89. The van der Waals surface area contributed by atoms with Crippen molar-refractivity contribution in [2.24, 2.45) is 0 Å². The van der Waals surface area contributed by atoms with Crippen molar-refractivity contribution in [3.05, 3.63) is 68.6 Å². The number of halogens is 2. The molecule has 1 fully saturated rings. The molecule has 4 N–H and O–H groups in total. The second-order valence-corrected chi connectivity index (χ2v) is 11.6. The summed E-state index contributed by atoms with van der Waals surface area (Å²) >= 11 is 12.2. The molecule has 10 nitrogen and oxygen atoms in total. The third-order valence-electron chi connectivity index (χ3n) is 6.40. The maximum atomic E-state index is 12.7. The predicted octanol–water partition coefficient (Wildman–Crippen LogP) is 2.38. The van der Waals surface area contributed by atoms with Crippen LogP contribution in [0.15, 0.2) is 52.3 Å². The minimum Gasteiger partial charge on any atom is -0.489 e. The molecule has 0 aliphatic carbocycles. The maximum absolute atomic E-state index is 12.7. The number of pyridine rings is 1. The third-order valence-corrected chi connectivity index (χ3v) is 8.80. The lowest BCUT2D eigenvalue weighted by Crippen LogP contribution is -2.45. The van der Waals surface area contributed by atoms with Crippen LogP contribution in [0.3, 0.4) is 0 Å². The van der Waals surface area contributed by atoms with Gasteiger partial charge < -0.3 is 25.0 Å². The number of aliphatic hydroxyl groups excluding tert-OH is 1. The average molecular weight is 583 g/mol. The lowest BCUT2D eigenvalue weighted by Gasteiger charge is -2.33. The van der Waals surface area contributed by atoms with Crippen molar-refractivity contribution in [3.63, 3.8) is 0 Å². The number of amides is 1. The standard InChI is InChI=1S/C25H28Cl2N4O6S/c1-28-38(35,36)23-21(7-6-20(26)22(23)27)37-16-8-10-31(11-9-16)14-15(32)12-29-25(34)19-13-30-24(33)18-5-3-2-4-17(18)19/h2-7,13,15-16,28,32H,8-12,14H2,1H3,(H,29,34)(H,30,33)/t15-/m1/s1. The third kappa shape index (κ3) is 6.31. The van der Waals surface area contributed by atoms with Gasteiger partial charge in [-0.05, 0) is 38.1 Å². The Kier molecular flexibility index (Phi) is 8.96. The summed E-state index contributed by atoms with van der Waals surface area (Å²) in [6.07, 6.45) is 1.51. The molecule has 0 bridgehead atoms. The number of nitrogens with one attached hydrogen (secondary N) is 3. The lowest BCUT2D eigenvalue weighted by molar-refractivity contribution is 0.0584. The van der Waals surface area contributed by atoms with Gasteiger partial charge in [0.05, 0.1) is 21.7 Å². The quantitative estimate of drug-likeness (QED) is 0.303. The van der Waals surface area contributed by atoms with Crippen LogP contribution in [0, 0.1) is 0 Å². The van der Waals surface area contributed by atoms with Crippen molar-refractivity contribution < 1.29 is 23.1 Å². The first-order chi connectivity index (χ1) is 18.1. The molecule has 2 heterocycles. The van der Waals surface area contributed by atoms with Gasteiger partial charge in [0.1, 0.15) is 16.7 Å². The van der Waals surface area contributed by atoms with Gasteiger partial charge in [0, 0.05) is 43.1 Å². The smallest absolute Gasteiger partial charge is 0.255 e. The number of aliphatic hydroxyl groups is 1. The zero-order valence-electron chi connectivity index (χ0n) is 20.5. The normalized spacial score (nSPS) is 15.9. The van der Waals surface area contributed by atoms with Crippen molar-refractivity contribution in [1.29, 1.82) is 0 Å². The van der Waals surface area contributed by atoms with Crippen LogP contribution in [-0.2, 0) is 10.0 Å². The van der Waals surface area contributed by atoms with E-state index in [2.05, 4.69) is 15.0 Å². The Morgan fingerprint density at radius 2 is 1.87 bits per heavy atom. The van der Waals surface area contributed by atoms with Crippen molar-refractivity contribution in [2.75, 3.05) is 33.2 Å². The number of aromatic nitrogens is 1. The van der Waals surface area contributed by atoms with Gasteiger partial charge in [-0.3, -0.25) is 9.59 Å². The Morgan fingerprint density at radius 1 is 1.18 bits per heavy atom. The highest BCUT2D eigenvalue weighted by Gasteiger charge is 2.28. The molecule has 204 valence electrons. The molecular weight excluding hydrogens is 555 g/mol. The summed E-state index contributed by atoms with van der Waals surface area (Å²) in [5, 5.41) is 14.2. The van der Waals surface area contributed by atoms with E-state index in [-0.39, 0.29) is 38.9 Å². The van der Waals surface area contributed by atoms with Gasteiger partial charge in [0.2, 0.25) is 10.0 Å². The first-order valence-electron chi connectivity index (χ1n) is 12.0. The molecule has 2 aromatic carbocycles. The van der Waals surface area contributed by atoms with E-state index in [1.165, 1.54) is 25.4 Å². The van der Waals surface area contributed by atoms with Crippen LogP contribution in [0.2, 0.25) is 10.0 Å². The molecule has 4 rings (SSSR count). The number of carbonyl (C=O) groups is 1. The number of H-pyrrole nitrogens is 1. The van der Waals surface area contributed by atoms with E-state index >= 15 is 0 Å². The summed E-state index contributed by atoms with van der Waals surface area (Å²) in [6.45, 7) is 1.59. The molecule has 1 saturated heterocycles. The average Bonchev–Trinajstić information content (AvgIpc) is 2.91. The van der Waals surface area contributed by atoms with Gasteiger partial charge in [-0.25, -0.2) is 13.1 Å². The van der Waals surface area contributed by atoms with E-state index < -0.39 is 22.0 Å². The number of hydrogen-bond acceptors (Lipinski definition) is 7. The summed E-state index contributed by atoms with van der Waals surface area (Å²) < 4.78 is 33.2. The number of rotatable bonds is 9. The number of piperidine rings is 1. The zero-order valence-corrected chi connectivity index (χ0v) is 22.9. The summed E-state index contributed by atoms with van der Waals surface area (Å²) in [5.41, 5.74) is 0.0518. The topological polar surface area (TPSA) is 141 Å². The second kappa shape index (κ2) is 12.0. The van der Waals surface area contributed by atoms with Gasteiger partial charge in [-0.2, -0.15) is 0 Å². The molecule has 0 radical (unpaired) electrons. The Balaban J connectivity index is 1.30. The van der Waals surface area contributed by atoms with E-state index in [0.717, 1.165) is 0 Å². The SMILES string of the molecule is CNS(=O)(=O)c1c(OC2CCN(C[C@H](O)CNC(=O)c3c[nH]c(=O)c4ccccc34)CC2)ccc(Cl)c1Cl. The number of likely N-dealkylation sites (tertiary alicyclic amines) is 1. The number of carbonyl (C=O) groups excluding carboxylic acids is 1. The molecule has 0 unspecified atom stereocenters. The summed E-state index contributed by atoms with van der Waals surface area (Å²) in [6, 6.07) is 9.81. The van der Waals surface area contributed by atoms with Crippen molar-refractivity contribution in [3.8, 4) is 5.75 Å². The van der Waals surface area contributed by atoms with E-state index in [9.17, 15) is 23.1 Å². The Bertz CT molecular complexity index is 1490. The molecule has 1 atom stereocenters. The van der Waals surface area contributed by atoms with Crippen LogP contribution in [0.25, 0.3) is 10.8 Å². The number of nitrogens with zero attached hydrogens (tertiary/aromatic N) is 1. The zero-order chi connectivity index (χ0) is 27.4. The number of ether oxygens (including phenoxy) is 1. The fourth-order valence-electron chi connectivity index (χ4n) is 4.41. The van der Waals surface area contributed by atoms with Crippen LogP contribution in [0.1, 0.15) is 23.2 Å². The number of benzene rings is 2. The highest BCUT2D eigenvalue weighted by Crippen LogP contribution is 2.37. The number of hydrogen-bond donors (Lipinski definition) is 4. The van der Waals surface area contributed by atoms with Gasteiger partial charge in [0.15, 0.2) is 0 Å². The number of β-amino-alcohol motifs (C(OH)–C–C–N with tert-alkyl or cyclic N) is 1. The fraction of sp³-hybridized carbons (Fsp3) is 0.360. The fourth-order valence-corrected chi connectivity index (χ4v) is 6.02. The van der Waals surface area contributed by atoms with Crippen molar-refractivity contribution in [1.82, 2.24) is 19.9 Å². The van der Waals surface area contributed by atoms with Crippen molar-refractivity contribution >= 4 is 49.9 Å². The summed E-state index contributed by atoms with van der Waals surface area (Å²) in [7, 11) is -2.61. The first kappa shape index (κ1) is 28.3. The van der Waals surface area contributed by atoms with Crippen LogP contribution >= 0.6 is 23.2 Å². The largest absolute Gasteiger partial charge is 0.489 e. The molecule has 3 aromatic rings. The number of sulfonamides is 1. The molecule has 1 aliphatic heterocycles. The van der Waals surface area contributed by atoms with Gasteiger partial charge in [-0.15, -0.1) is 0 Å². The maximum Gasteiger partial charge on any atom is 0.255 e. The van der Waals surface area contributed by atoms with E-state index in [0.29, 0.717) is 48.8 Å². The summed E-state index contributed by atoms with van der Waals surface area (Å²) in [4.78, 5) is 29.1. The minimum absolute atomic E-state index is 0.0389. The number of aromatic amines is 1. The highest BCUT2D eigenvalue weighted by atomic mass is 35.5.